The lowest BCUT2D eigenvalue weighted by Gasteiger charge is -2.15. The molecular formula is C20H21N3O4S. The second-order valence-electron chi connectivity index (χ2n) is 5.86. The minimum absolute atomic E-state index is 0.0147. The third-order valence-corrected chi connectivity index (χ3v) is 5.07. The van der Waals surface area contributed by atoms with Crippen LogP contribution in [-0.4, -0.2) is 49.3 Å². The molecule has 1 fully saturated rings. The van der Waals surface area contributed by atoms with Gasteiger partial charge in [-0.3, -0.25) is 9.69 Å². The number of amidine groups is 1. The summed E-state index contributed by atoms with van der Waals surface area (Å²) >= 11 is 1.38. The maximum absolute atomic E-state index is 12.2. The van der Waals surface area contributed by atoms with E-state index < -0.39 is 0 Å². The predicted octanol–water partition coefficient (Wildman–Crippen LogP) is 3.18. The minimum atomic E-state index is 0.0147. The van der Waals surface area contributed by atoms with Crippen LogP contribution in [0.15, 0.2) is 52.7 Å². The standard InChI is InChI=1S/C20H21N3O4S/c1-25-16-7-4-14(5-8-16)12-23-19(24)13-28-20(23)22-21-11-15-6-9-17(26-2)18(10-15)27-3/h4-11H,12-13H2,1-3H3. The van der Waals surface area contributed by atoms with Crippen molar-refractivity contribution in [2.24, 2.45) is 10.2 Å². The Bertz CT molecular complexity index is 897. The van der Waals surface area contributed by atoms with Gasteiger partial charge in [0.25, 0.3) is 0 Å². The van der Waals surface area contributed by atoms with Crippen molar-refractivity contribution in [3.8, 4) is 17.2 Å². The maximum atomic E-state index is 12.2. The van der Waals surface area contributed by atoms with Crippen LogP contribution < -0.4 is 14.2 Å². The molecule has 1 saturated heterocycles. The first-order valence-electron chi connectivity index (χ1n) is 8.53. The first-order chi connectivity index (χ1) is 13.6. The molecule has 1 amide bonds. The van der Waals surface area contributed by atoms with Gasteiger partial charge < -0.3 is 14.2 Å². The summed E-state index contributed by atoms with van der Waals surface area (Å²) in [5.41, 5.74) is 1.81. The molecule has 0 atom stereocenters. The smallest absolute Gasteiger partial charge is 0.239 e. The molecule has 1 aliphatic rings. The Hall–Kier alpha value is -3.00. The maximum Gasteiger partial charge on any atom is 0.239 e. The van der Waals surface area contributed by atoms with Crippen molar-refractivity contribution in [2.45, 2.75) is 6.54 Å². The van der Waals surface area contributed by atoms with Crippen LogP contribution in [0.3, 0.4) is 0 Å². The quantitative estimate of drug-likeness (QED) is 0.528. The Labute approximate surface area is 168 Å². The van der Waals surface area contributed by atoms with Gasteiger partial charge in [-0.2, -0.15) is 5.10 Å². The summed E-state index contributed by atoms with van der Waals surface area (Å²) in [6.07, 6.45) is 1.61. The Morgan fingerprint density at radius 3 is 2.46 bits per heavy atom. The molecule has 0 unspecified atom stereocenters. The minimum Gasteiger partial charge on any atom is -0.497 e. The van der Waals surface area contributed by atoms with Crippen LogP contribution in [0.1, 0.15) is 11.1 Å². The van der Waals surface area contributed by atoms with E-state index in [9.17, 15) is 4.79 Å². The van der Waals surface area contributed by atoms with Gasteiger partial charge in [-0.05, 0) is 41.5 Å². The van der Waals surface area contributed by atoms with Crippen LogP contribution in [0.4, 0.5) is 0 Å². The zero-order valence-electron chi connectivity index (χ0n) is 15.9. The number of amides is 1. The summed E-state index contributed by atoms with van der Waals surface area (Å²) in [5.74, 6) is 2.42. The number of carbonyl (C=O) groups excluding carboxylic acids is 1. The second kappa shape index (κ2) is 9.27. The molecule has 146 valence electrons. The predicted molar refractivity (Wildman–Crippen MR) is 111 cm³/mol. The molecule has 1 heterocycles. The number of nitrogens with zero attached hydrogens (tertiary/aromatic N) is 3. The van der Waals surface area contributed by atoms with E-state index >= 15 is 0 Å². The number of thioether (sulfide) groups is 1. The molecule has 8 heteroatoms. The Balaban J connectivity index is 1.72. The van der Waals surface area contributed by atoms with E-state index in [1.165, 1.54) is 11.8 Å². The Morgan fingerprint density at radius 2 is 1.79 bits per heavy atom. The SMILES string of the molecule is COc1ccc(CN2C(=O)CSC2=NN=Cc2ccc(OC)c(OC)c2)cc1. The third kappa shape index (κ3) is 4.64. The van der Waals surface area contributed by atoms with E-state index in [2.05, 4.69) is 10.2 Å². The number of carbonyl (C=O) groups is 1. The number of hydrogen-bond acceptors (Lipinski definition) is 7. The number of hydrogen-bond donors (Lipinski definition) is 0. The molecule has 1 aliphatic heterocycles. The van der Waals surface area contributed by atoms with Crippen LogP contribution in [0.5, 0.6) is 17.2 Å². The molecule has 0 bridgehead atoms. The molecule has 0 radical (unpaired) electrons. The molecule has 28 heavy (non-hydrogen) atoms. The molecule has 0 N–H and O–H groups in total. The van der Waals surface area contributed by atoms with Crippen molar-refractivity contribution in [2.75, 3.05) is 27.1 Å². The normalized spacial score (nSPS) is 15.5. The van der Waals surface area contributed by atoms with Crippen LogP contribution in [0.25, 0.3) is 0 Å². The van der Waals surface area contributed by atoms with Gasteiger partial charge in [0, 0.05) is 0 Å². The third-order valence-electron chi connectivity index (χ3n) is 4.11. The van der Waals surface area contributed by atoms with Crippen LogP contribution in [0, 0.1) is 0 Å². The fourth-order valence-electron chi connectivity index (χ4n) is 2.62. The van der Waals surface area contributed by atoms with Crippen LogP contribution in [-0.2, 0) is 11.3 Å². The van der Waals surface area contributed by atoms with Crippen molar-refractivity contribution in [1.29, 1.82) is 0 Å². The van der Waals surface area contributed by atoms with E-state index in [0.29, 0.717) is 29.0 Å². The summed E-state index contributed by atoms with van der Waals surface area (Å²) < 4.78 is 15.7. The zero-order valence-corrected chi connectivity index (χ0v) is 16.7. The first-order valence-corrected chi connectivity index (χ1v) is 9.52. The fraction of sp³-hybridized carbons (Fsp3) is 0.250. The average Bonchev–Trinajstić information content (AvgIpc) is 3.08. The summed E-state index contributed by atoms with van der Waals surface area (Å²) in [6.45, 7) is 0.445. The summed E-state index contributed by atoms with van der Waals surface area (Å²) in [7, 11) is 4.79. The largest absolute Gasteiger partial charge is 0.497 e. The Kier molecular flexibility index (Phi) is 6.54. The highest BCUT2D eigenvalue weighted by Crippen LogP contribution is 2.27. The van der Waals surface area contributed by atoms with Gasteiger partial charge in [-0.15, -0.1) is 5.10 Å². The van der Waals surface area contributed by atoms with Crippen LogP contribution in [0.2, 0.25) is 0 Å². The van der Waals surface area contributed by atoms with Crippen molar-refractivity contribution in [3.63, 3.8) is 0 Å². The number of rotatable bonds is 7. The van der Waals surface area contributed by atoms with Crippen molar-refractivity contribution in [3.05, 3.63) is 53.6 Å². The van der Waals surface area contributed by atoms with E-state index in [1.807, 2.05) is 36.4 Å². The number of methoxy groups -OCH3 is 3. The molecule has 3 rings (SSSR count). The van der Waals surface area contributed by atoms with E-state index in [4.69, 9.17) is 14.2 Å². The van der Waals surface area contributed by atoms with Gasteiger partial charge in [0.05, 0.1) is 39.8 Å². The topological polar surface area (TPSA) is 72.7 Å². The summed E-state index contributed by atoms with van der Waals surface area (Å²) in [5, 5.41) is 8.96. The lowest BCUT2D eigenvalue weighted by molar-refractivity contribution is -0.124. The molecule has 0 aromatic heterocycles. The lowest BCUT2D eigenvalue weighted by Crippen LogP contribution is -2.28. The van der Waals surface area contributed by atoms with Gasteiger partial charge in [0.1, 0.15) is 5.75 Å². The molecular weight excluding hydrogens is 378 g/mol. The van der Waals surface area contributed by atoms with Gasteiger partial charge in [0.2, 0.25) is 5.91 Å². The molecule has 0 saturated carbocycles. The average molecular weight is 399 g/mol. The van der Waals surface area contributed by atoms with Crippen molar-refractivity contribution in [1.82, 2.24) is 4.90 Å². The highest BCUT2D eigenvalue weighted by Gasteiger charge is 2.28. The van der Waals surface area contributed by atoms with Gasteiger partial charge >= 0.3 is 0 Å². The molecule has 7 nitrogen and oxygen atoms in total. The molecule has 2 aromatic rings. The van der Waals surface area contributed by atoms with E-state index in [0.717, 1.165) is 16.9 Å². The van der Waals surface area contributed by atoms with Crippen molar-refractivity contribution < 1.29 is 19.0 Å². The monoisotopic (exact) mass is 399 g/mol. The highest BCUT2D eigenvalue weighted by molar-refractivity contribution is 8.15. The number of ether oxygens (including phenoxy) is 3. The Morgan fingerprint density at radius 1 is 1.04 bits per heavy atom. The van der Waals surface area contributed by atoms with Crippen LogP contribution >= 0.6 is 11.8 Å². The first kappa shape index (κ1) is 19.8. The lowest BCUT2D eigenvalue weighted by atomic mass is 10.2. The number of benzene rings is 2. The fourth-order valence-corrected chi connectivity index (χ4v) is 3.45. The highest BCUT2D eigenvalue weighted by atomic mass is 32.2. The second-order valence-corrected chi connectivity index (χ2v) is 6.80. The molecule has 0 spiro atoms. The van der Waals surface area contributed by atoms with Gasteiger partial charge in [-0.25, -0.2) is 0 Å². The van der Waals surface area contributed by atoms with E-state index in [1.54, 1.807) is 38.5 Å². The van der Waals surface area contributed by atoms with E-state index in [-0.39, 0.29) is 5.91 Å². The molecule has 0 aliphatic carbocycles. The summed E-state index contributed by atoms with van der Waals surface area (Å²) in [4.78, 5) is 13.9. The zero-order chi connectivity index (χ0) is 19.9. The van der Waals surface area contributed by atoms with Gasteiger partial charge in [-0.1, -0.05) is 23.9 Å². The molecule has 2 aromatic carbocycles. The van der Waals surface area contributed by atoms with Gasteiger partial charge in [0.15, 0.2) is 16.7 Å². The van der Waals surface area contributed by atoms with Crippen molar-refractivity contribution >= 4 is 29.1 Å². The summed E-state index contributed by atoms with van der Waals surface area (Å²) in [6, 6.07) is 13.1.